The third-order valence-electron chi connectivity index (χ3n) is 2.01. The van der Waals surface area contributed by atoms with Crippen molar-refractivity contribution in [2.75, 3.05) is 32.7 Å². The third kappa shape index (κ3) is 4.10. The topological polar surface area (TPSA) is 30.5 Å². The average molecular weight is 274 g/mol. The maximum absolute atomic E-state index is 5.20. The highest BCUT2D eigenvalue weighted by Gasteiger charge is 2.00. The molecule has 0 saturated carbocycles. The van der Waals surface area contributed by atoms with Crippen LogP contribution in [0, 0.1) is 0 Å². The number of ether oxygens (including phenoxy) is 2. The Hall–Kier alpha value is -0.740. The first-order valence-electron chi connectivity index (χ1n) is 4.84. The summed E-state index contributed by atoms with van der Waals surface area (Å²) < 4.78 is 11.1. The third-order valence-corrected chi connectivity index (χ3v) is 2.66. The number of methoxy groups -OCH3 is 2. The van der Waals surface area contributed by atoms with Crippen LogP contribution in [0.25, 0.3) is 0 Å². The van der Waals surface area contributed by atoms with E-state index in [1.165, 1.54) is 0 Å². The zero-order valence-corrected chi connectivity index (χ0v) is 10.6. The molecule has 1 aromatic rings. The molecule has 0 amide bonds. The zero-order valence-electron chi connectivity index (χ0n) is 9.05. The Labute approximate surface area is 98.9 Å². The molecule has 1 N–H and O–H groups in total. The van der Waals surface area contributed by atoms with Gasteiger partial charge in [0.25, 0.3) is 0 Å². The minimum atomic E-state index is 0.778. The molecule has 0 aromatic heterocycles. The van der Waals surface area contributed by atoms with Gasteiger partial charge >= 0.3 is 0 Å². The molecule has 0 aliphatic rings. The van der Waals surface area contributed by atoms with E-state index in [2.05, 4.69) is 21.2 Å². The van der Waals surface area contributed by atoms with Crippen LogP contribution >= 0.6 is 15.9 Å². The lowest BCUT2D eigenvalue weighted by molar-refractivity contribution is 0.198. The van der Waals surface area contributed by atoms with E-state index in [1.807, 2.05) is 18.2 Å². The molecular weight excluding hydrogens is 258 g/mol. The van der Waals surface area contributed by atoms with Gasteiger partial charge in [-0.3, -0.25) is 0 Å². The van der Waals surface area contributed by atoms with Crippen molar-refractivity contribution in [1.29, 1.82) is 0 Å². The SMILES string of the molecule is COCCCNc1ccc(Br)c(OC)c1. The van der Waals surface area contributed by atoms with Crippen LogP contribution in [-0.2, 0) is 4.74 Å². The quantitative estimate of drug-likeness (QED) is 0.809. The summed E-state index contributed by atoms with van der Waals surface area (Å²) >= 11 is 3.41. The van der Waals surface area contributed by atoms with Crippen LogP contribution in [0.5, 0.6) is 5.75 Å². The summed E-state index contributed by atoms with van der Waals surface area (Å²) in [6.07, 6.45) is 0.995. The first-order chi connectivity index (χ1) is 7.27. The molecule has 84 valence electrons. The molecule has 4 heteroatoms. The molecule has 0 spiro atoms. The summed E-state index contributed by atoms with van der Waals surface area (Å²) in [7, 11) is 3.37. The van der Waals surface area contributed by atoms with Gasteiger partial charge in [0.1, 0.15) is 5.75 Å². The standard InChI is InChI=1S/C11H16BrNO2/c1-14-7-3-6-13-9-4-5-10(12)11(8-9)15-2/h4-5,8,13H,3,6-7H2,1-2H3. The predicted octanol–water partition coefficient (Wildman–Crippen LogP) is 2.91. The van der Waals surface area contributed by atoms with Crippen LogP contribution in [0.4, 0.5) is 5.69 Å². The van der Waals surface area contributed by atoms with E-state index in [-0.39, 0.29) is 0 Å². The monoisotopic (exact) mass is 273 g/mol. The van der Waals surface area contributed by atoms with Crippen LogP contribution in [0.15, 0.2) is 22.7 Å². The average Bonchev–Trinajstić information content (AvgIpc) is 2.26. The van der Waals surface area contributed by atoms with E-state index in [9.17, 15) is 0 Å². The van der Waals surface area contributed by atoms with Crippen molar-refractivity contribution in [3.63, 3.8) is 0 Å². The fourth-order valence-corrected chi connectivity index (χ4v) is 1.63. The molecule has 0 aliphatic carbocycles. The van der Waals surface area contributed by atoms with Crippen LogP contribution < -0.4 is 10.1 Å². The number of nitrogens with one attached hydrogen (secondary N) is 1. The van der Waals surface area contributed by atoms with Gasteiger partial charge in [0.05, 0.1) is 11.6 Å². The van der Waals surface area contributed by atoms with E-state index < -0.39 is 0 Å². The molecule has 0 heterocycles. The largest absolute Gasteiger partial charge is 0.495 e. The van der Waals surface area contributed by atoms with Gasteiger partial charge in [0.2, 0.25) is 0 Å². The Bertz CT molecular complexity index is 305. The Morgan fingerprint density at radius 2 is 2.13 bits per heavy atom. The van der Waals surface area contributed by atoms with Gasteiger partial charge in [-0.15, -0.1) is 0 Å². The highest BCUT2D eigenvalue weighted by molar-refractivity contribution is 9.10. The number of rotatable bonds is 6. The van der Waals surface area contributed by atoms with Crippen LogP contribution in [-0.4, -0.2) is 27.4 Å². The maximum Gasteiger partial charge on any atom is 0.135 e. The molecule has 15 heavy (non-hydrogen) atoms. The van der Waals surface area contributed by atoms with E-state index in [0.717, 1.165) is 35.5 Å². The second kappa shape index (κ2) is 6.69. The second-order valence-electron chi connectivity index (χ2n) is 3.12. The first-order valence-corrected chi connectivity index (χ1v) is 5.63. The molecule has 0 atom stereocenters. The van der Waals surface area contributed by atoms with Gasteiger partial charge < -0.3 is 14.8 Å². The van der Waals surface area contributed by atoms with Gasteiger partial charge in [-0.2, -0.15) is 0 Å². The Morgan fingerprint density at radius 3 is 2.80 bits per heavy atom. The molecule has 0 unspecified atom stereocenters. The molecule has 1 aromatic carbocycles. The van der Waals surface area contributed by atoms with Crippen molar-refractivity contribution < 1.29 is 9.47 Å². The lowest BCUT2D eigenvalue weighted by Crippen LogP contribution is -2.04. The van der Waals surface area contributed by atoms with Crippen molar-refractivity contribution in [2.45, 2.75) is 6.42 Å². The molecule has 0 aliphatic heterocycles. The Kier molecular flexibility index (Phi) is 5.50. The normalized spacial score (nSPS) is 10.1. The molecule has 0 bridgehead atoms. The van der Waals surface area contributed by atoms with E-state index in [4.69, 9.17) is 9.47 Å². The highest BCUT2D eigenvalue weighted by atomic mass is 79.9. The van der Waals surface area contributed by atoms with Gasteiger partial charge in [-0.25, -0.2) is 0 Å². The number of halogens is 1. The summed E-state index contributed by atoms with van der Waals surface area (Å²) in [6.45, 7) is 1.68. The van der Waals surface area contributed by atoms with Crippen molar-refractivity contribution in [3.8, 4) is 5.75 Å². The smallest absolute Gasteiger partial charge is 0.135 e. The van der Waals surface area contributed by atoms with E-state index >= 15 is 0 Å². The Balaban J connectivity index is 2.47. The second-order valence-corrected chi connectivity index (χ2v) is 3.98. The molecule has 1 rings (SSSR count). The zero-order chi connectivity index (χ0) is 11.1. The van der Waals surface area contributed by atoms with Crippen molar-refractivity contribution in [2.24, 2.45) is 0 Å². The maximum atomic E-state index is 5.20. The summed E-state index contributed by atoms with van der Waals surface area (Å²) in [4.78, 5) is 0. The van der Waals surface area contributed by atoms with Crippen molar-refractivity contribution in [3.05, 3.63) is 22.7 Å². The van der Waals surface area contributed by atoms with E-state index in [1.54, 1.807) is 14.2 Å². The predicted molar refractivity (Wildman–Crippen MR) is 65.7 cm³/mol. The number of benzene rings is 1. The van der Waals surface area contributed by atoms with Crippen LogP contribution in [0.2, 0.25) is 0 Å². The summed E-state index contributed by atoms with van der Waals surface area (Å²) in [6, 6.07) is 5.95. The van der Waals surface area contributed by atoms with Gasteiger partial charge in [-0.1, -0.05) is 0 Å². The Morgan fingerprint density at radius 1 is 1.33 bits per heavy atom. The minimum Gasteiger partial charge on any atom is -0.495 e. The number of hydrogen-bond donors (Lipinski definition) is 1. The fourth-order valence-electron chi connectivity index (χ4n) is 1.22. The van der Waals surface area contributed by atoms with Crippen LogP contribution in [0.1, 0.15) is 6.42 Å². The fraction of sp³-hybridized carbons (Fsp3) is 0.455. The van der Waals surface area contributed by atoms with Gasteiger partial charge in [-0.05, 0) is 34.5 Å². The minimum absolute atomic E-state index is 0.778. The molecule has 3 nitrogen and oxygen atoms in total. The van der Waals surface area contributed by atoms with Gasteiger partial charge in [0, 0.05) is 32.0 Å². The highest BCUT2D eigenvalue weighted by Crippen LogP contribution is 2.27. The number of hydrogen-bond acceptors (Lipinski definition) is 3. The molecule has 0 fully saturated rings. The lowest BCUT2D eigenvalue weighted by Gasteiger charge is -2.09. The summed E-state index contributed by atoms with van der Waals surface area (Å²) in [5, 5.41) is 3.30. The summed E-state index contributed by atoms with van der Waals surface area (Å²) in [5.41, 5.74) is 1.06. The van der Waals surface area contributed by atoms with Crippen molar-refractivity contribution >= 4 is 21.6 Å². The molecule has 0 saturated heterocycles. The van der Waals surface area contributed by atoms with Crippen molar-refractivity contribution in [1.82, 2.24) is 0 Å². The first kappa shape index (κ1) is 12.3. The van der Waals surface area contributed by atoms with E-state index in [0.29, 0.717) is 0 Å². The lowest BCUT2D eigenvalue weighted by atomic mass is 10.3. The summed E-state index contributed by atoms with van der Waals surface area (Å²) in [5.74, 6) is 0.840. The van der Waals surface area contributed by atoms with Gasteiger partial charge in [0.15, 0.2) is 0 Å². The molecule has 0 radical (unpaired) electrons. The van der Waals surface area contributed by atoms with Crippen LogP contribution in [0.3, 0.4) is 0 Å². The molecular formula is C11H16BrNO2. The number of anilines is 1.